The van der Waals surface area contributed by atoms with Crippen molar-refractivity contribution in [2.75, 3.05) is 0 Å². The molecule has 0 N–H and O–H groups in total. The first kappa shape index (κ1) is 7.03. The molecule has 0 spiro atoms. The molecule has 0 fully saturated rings. The summed E-state index contributed by atoms with van der Waals surface area (Å²) in [7, 11) is 0. The molecule has 0 atom stereocenters. The molecule has 0 saturated heterocycles. The van der Waals surface area contributed by atoms with Crippen LogP contribution in [0.25, 0.3) is 11.4 Å². The standard InChI is InChI=1S/C9H8N2O/c1-7-9(11-6-12-7)8-4-2-3-5-10-8/h2-6H,1H3. The summed E-state index contributed by atoms with van der Waals surface area (Å²) in [6, 6.07) is 5.71. The molecule has 0 amide bonds. The highest BCUT2D eigenvalue weighted by Crippen LogP contribution is 2.17. The van der Waals surface area contributed by atoms with Crippen LogP contribution < -0.4 is 0 Å². The van der Waals surface area contributed by atoms with Crippen LogP contribution in [0.3, 0.4) is 0 Å². The first-order valence-electron chi connectivity index (χ1n) is 3.69. The van der Waals surface area contributed by atoms with Crippen LogP contribution in [-0.2, 0) is 0 Å². The molecule has 2 rings (SSSR count). The van der Waals surface area contributed by atoms with E-state index in [-0.39, 0.29) is 0 Å². The van der Waals surface area contributed by atoms with Crippen molar-refractivity contribution in [3.05, 3.63) is 36.5 Å². The second kappa shape index (κ2) is 2.77. The van der Waals surface area contributed by atoms with Gasteiger partial charge in [-0.1, -0.05) is 6.07 Å². The van der Waals surface area contributed by atoms with Gasteiger partial charge in [-0.25, -0.2) is 4.98 Å². The fraction of sp³-hybridized carbons (Fsp3) is 0.111. The monoisotopic (exact) mass is 160 g/mol. The molecule has 0 unspecified atom stereocenters. The summed E-state index contributed by atoms with van der Waals surface area (Å²) in [6.07, 6.45) is 3.17. The van der Waals surface area contributed by atoms with Gasteiger partial charge in [-0.05, 0) is 19.1 Å². The molecule has 0 aliphatic carbocycles. The minimum Gasteiger partial charge on any atom is -0.448 e. The summed E-state index contributed by atoms with van der Waals surface area (Å²) in [5.41, 5.74) is 1.67. The average molecular weight is 160 g/mol. The Balaban J connectivity index is 2.51. The third kappa shape index (κ3) is 1.09. The van der Waals surface area contributed by atoms with Gasteiger partial charge in [-0.2, -0.15) is 0 Å². The second-order valence-electron chi connectivity index (χ2n) is 2.47. The highest BCUT2D eigenvalue weighted by molar-refractivity contribution is 5.55. The van der Waals surface area contributed by atoms with E-state index in [1.54, 1.807) is 6.20 Å². The van der Waals surface area contributed by atoms with E-state index in [4.69, 9.17) is 4.42 Å². The number of nitrogens with zero attached hydrogens (tertiary/aromatic N) is 2. The van der Waals surface area contributed by atoms with Crippen LogP contribution in [0.4, 0.5) is 0 Å². The first-order valence-corrected chi connectivity index (χ1v) is 3.69. The highest BCUT2D eigenvalue weighted by Gasteiger charge is 2.05. The SMILES string of the molecule is Cc1ocnc1-c1ccccn1. The largest absolute Gasteiger partial charge is 0.448 e. The van der Waals surface area contributed by atoms with Crippen molar-refractivity contribution in [2.24, 2.45) is 0 Å². The zero-order valence-corrected chi connectivity index (χ0v) is 6.69. The maximum absolute atomic E-state index is 5.07. The molecule has 0 radical (unpaired) electrons. The van der Waals surface area contributed by atoms with Crippen LogP contribution in [0.5, 0.6) is 0 Å². The lowest BCUT2D eigenvalue weighted by Gasteiger charge is -1.93. The number of hydrogen-bond donors (Lipinski definition) is 0. The Morgan fingerprint density at radius 2 is 2.17 bits per heavy atom. The molecular formula is C9H8N2O. The van der Waals surface area contributed by atoms with Crippen molar-refractivity contribution in [2.45, 2.75) is 6.92 Å². The van der Waals surface area contributed by atoms with Gasteiger partial charge in [-0.3, -0.25) is 4.98 Å². The summed E-state index contributed by atoms with van der Waals surface area (Å²) >= 11 is 0. The Morgan fingerprint density at radius 3 is 2.75 bits per heavy atom. The van der Waals surface area contributed by atoms with Crippen LogP contribution in [0.1, 0.15) is 5.76 Å². The quantitative estimate of drug-likeness (QED) is 0.640. The molecule has 3 heteroatoms. The van der Waals surface area contributed by atoms with Crippen molar-refractivity contribution in [3.8, 4) is 11.4 Å². The van der Waals surface area contributed by atoms with E-state index in [0.29, 0.717) is 0 Å². The lowest BCUT2D eigenvalue weighted by atomic mass is 10.2. The van der Waals surface area contributed by atoms with Crippen LogP contribution in [0.2, 0.25) is 0 Å². The number of aromatic nitrogens is 2. The number of pyridine rings is 1. The van der Waals surface area contributed by atoms with Gasteiger partial charge < -0.3 is 4.42 Å². The fourth-order valence-corrected chi connectivity index (χ4v) is 1.05. The van der Waals surface area contributed by atoms with Crippen LogP contribution in [0.15, 0.2) is 35.2 Å². The molecule has 60 valence electrons. The summed E-state index contributed by atoms with van der Waals surface area (Å²) in [6.45, 7) is 1.87. The molecule has 0 aromatic carbocycles. The molecule has 12 heavy (non-hydrogen) atoms. The molecule has 0 aliphatic rings. The molecular weight excluding hydrogens is 152 g/mol. The van der Waals surface area contributed by atoms with E-state index in [0.717, 1.165) is 17.1 Å². The van der Waals surface area contributed by atoms with Crippen molar-refractivity contribution in [1.82, 2.24) is 9.97 Å². The molecule has 2 heterocycles. The Labute approximate surface area is 70.1 Å². The fourth-order valence-electron chi connectivity index (χ4n) is 1.05. The number of hydrogen-bond acceptors (Lipinski definition) is 3. The smallest absolute Gasteiger partial charge is 0.181 e. The van der Waals surface area contributed by atoms with Gasteiger partial charge in [0.1, 0.15) is 11.5 Å². The van der Waals surface area contributed by atoms with Crippen LogP contribution in [-0.4, -0.2) is 9.97 Å². The Kier molecular flexibility index (Phi) is 1.63. The summed E-state index contributed by atoms with van der Waals surface area (Å²) in [5.74, 6) is 0.800. The minimum absolute atomic E-state index is 0.800. The van der Waals surface area contributed by atoms with Crippen molar-refractivity contribution < 1.29 is 4.42 Å². The summed E-state index contributed by atoms with van der Waals surface area (Å²) < 4.78 is 5.07. The second-order valence-corrected chi connectivity index (χ2v) is 2.47. The van der Waals surface area contributed by atoms with E-state index in [1.807, 2.05) is 25.1 Å². The molecule has 0 saturated carbocycles. The van der Waals surface area contributed by atoms with E-state index >= 15 is 0 Å². The van der Waals surface area contributed by atoms with Crippen molar-refractivity contribution >= 4 is 0 Å². The maximum Gasteiger partial charge on any atom is 0.181 e. The average Bonchev–Trinajstić information content (AvgIpc) is 2.53. The van der Waals surface area contributed by atoms with Gasteiger partial charge in [0.15, 0.2) is 6.39 Å². The lowest BCUT2D eigenvalue weighted by Crippen LogP contribution is -1.83. The van der Waals surface area contributed by atoms with Gasteiger partial charge in [0.2, 0.25) is 0 Å². The minimum atomic E-state index is 0.800. The lowest BCUT2D eigenvalue weighted by molar-refractivity contribution is 0.527. The van der Waals surface area contributed by atoms with Gasteiger partial charge in [0, 0.05) is 6.20 Å². The molecule has 2 aromatic rings. The van der Waals surface area contributed by atoms with Gasteiger partial charge in [-0.15, -0.1) is 0 Å². The van der Waals surface area contributed by atoms with E-state index in [9.17, 15) is 0 Å². The Bertz CT molecular complexity index is 367. The van der Waals surface area contributed by atoms with Crippen molar-refractivity contribution in [3.63, 3.8) is 0 Å². The molecule has 2 aromatic heterocycles. The van der Waals surface area contributed by atoms with Crippen LogP contribution >= 0.6 is 0 Å². The Hall–Kier alpha value is -1.64. The van der Waals surface area contributed by atoms with Crippen molar-refractivity contribution in [1.29, 1.82) is 0 Å². The third-order valence-corrected chi connectivity index (χ3v) is 1.65. The predicted octanol–water partition coefficient (Wildman–Crippen LogP) is 2.05. The number of rotatable bonds is 1. The van der Waals surface area contributed by atoms with Gasteiger partial charge in [0.25, 0.3) is 0 Å². The Morgan fingerprint density at radius 1 is 1.25 bits per heavy atom. The van der Waals surface area contributed by atoms with E-state index in [2.05, 4.69) is 9.97 Å². The first-order chi connectivity index (χ1) is 5.88. The highest BCUT2D eigenvalue weighted by atomic mass is 16.3. The normalized spacial score (nSPS) is 10.1. The maximum atomic E-state index is 5.07. The molecule has 0 aliphatic heterocycles. The zero-order valence-electron chi connectivity index (χ0n) is 6.69. The predicted molar refractivity (Wildman–Crippen MR) is 44.5 cm³/mol. The zero-order chi connectivity index (χ0) is 8.39. The van der Waals surface area contributed by atoms with Gasteiger partial charge in [0.05, 0.1) is 5.69 Å². The molecule has 0 bridgehead atoms. The topological polar surface area (TPSA) is 38.9 Å². The van der Waals surface area contributed by atoms with Crippen LogP contribution in [0, 0.1) is 6.92 Å². The van der Waals surface area contributed by atoms with Gasteiger partial charge >= 0.3 is 0 Å². The number of oxazole rings is 1. The van der Waals surface area contributed by atoms with E-state index < -0.39 is 0 Å². The van der Waals surface area contributed by atoms with E-state index in [1.165, 1.54) is 6.39 Å². The summed E-state index contributed by atoms with van der Waals surface area (Å²) in [5, 5.41) is 0. The molecule has 3 nitrogen and oxygen atoms in total. The summed E-state index contributed by atoms with van der Waals surface area (Å²) in [4.78, 5) is 8.22. The number of aryl methyl sites for hydroxylation is 1. The third-order valence-electron chi connectivity index (χ3n) is 1.65.